The predicted octanol–water partition coefficient (Wildman–Crippen LogP) is 2.82. The summed E-state index contributed by atoms with van der Waals surface area (Å²) in [6, 6.07) is 12.6. The molecule has 0 spiro atoms. The van der Waals surface area contributed by atoms with Gasteiger partial charge in [-0.1, -0.05) is 17.7 Å². The number of nitrogens with zero attached hydrogens (tertiary/aromatic N) is 3. The third-order valence-electron chi connectivity index (χ3n) is 4.92. The van der Waals surface area contributed by atoms with Gasteiger partial charge in [-0.25, -0.2) is 4.39 Å². The molecule has 1 aliphatic rings. The molecule has 2 aromatic carbocycles. The molecule has 2 aromatic rings. The summed E-state index contributed by atoms with van der Waals surface area (Å²) >= 11 is 0. The smallest absolute Gasteiger partial charge is 0.254 e. The van der Waals surface area contributed by atoms with Crippen molar-refractivity contribution in [3.8, 4) is 0 Å². The first-order chi connectivity index (χ1) is 13.8. The SMILES string of the molecule is Cc1ccc(C(=O)N(CC(=O)N2CC(=O)N(c3ccc(F)cc3)C2)C(C)C)cc1. The Kier molecular flexibility index (Phi) is 5.96. The number of aryl methyl sites for hydroxylation is 1. The monoisotopic (exact) mass is 397 g/mol. The molecule has 6 nitrogen and oxygen atoms in total. The van der Waals surface area contributed by atoms with Crippen LogP contribution >= 0.6 is 0 Å². The zero-order valence-corrected chi connectivity index (χ0v) is 16.8. The maximum absolute atomic E-state index is 13.1. The summed E-state index contributed by atoms with van der Waals surface area (Å²) in [5.74, 6) is -1.17. The normalized spacial score (nSPS) is 13.9. The van der Waals surface area contributed by atoms with Crippen molar-refractivity contribution in [3.05, 3.63) is 65.5 Å². The fourth-order valence-corrected chi connectivity index (χ4v) is 3.16. The summed E-state index contributed by atoms with van der Waals surface area (Å²) in [5.41, 5.74) is 2.09. The van der Waals surface area contributed by atoms with Crippen LogP contribution in [0.2, 0.25) is 0 Å². The Morgan fingerprint density at radius 3 is 2.28 bits per heavy atom. The van der Waals surface area contributed by atoms with Crippen LogP contribution in [0.25, 0.3) is 0 Å². The second-order valence-corrected chi connectivity index (χ2v) is 7.42. The molecular formula is C22H24FN3O3. The molecule has 1 saturated heterocycles. The fourth-order valence-electron chi connectivity index (χ4n) is 3.16. The topological polar surface area (TPSA) is 60.9 Å². The van der Waals surface area contributed by atoms with Gasteiger partial charge in [0.05, 0.1) is 0 Å². The van der Waals surface area contributed by atoms with Crippen molar-refractivity contribution >= 4 is 23.4 Å². The van der Waals surface area contributed by atoms with E-state index >= 15 is 0 Å². The molecule has 3 rings (SSSR count). The molecule has 1 fully saturated rings. The molecule has 0 saturated carbocycles. The van der Waals surface area contributed by atoms with E-state index in [1.54, 1.807) is 12.1 Å². The van der Waals surface area contributed by atoms with Crippen molar-refractivity contribution in [1.29, 1.82) is 0 Å². The number of hydrogen-bond acceptors (Lipinski definition) is 3. The Hall–Kier alpha value is -3.22. The van der Waals surface area contributed by atoms with E-state index in [1.165, 1.54) is 39.0 Å². The van der Waals surface area contributed by atoms with Crippen molar-refractivity contribution in [2.45, 2.75) is 26.8 Å². The minimum absolute atomic E-state index is 0.0686. The summed E-state index contributed by atoms with van der Waals surface area (Å²) in [5, 5.41) is 0. The molecule has 152 valence electrons. The van der Waals surface area contributed by atoms with E-state index in [1.807, 2.05) is 32.9 Å². The van der Waals surface area contributed by atoms with Gasteiger partial charge in [-0.05, 0) is 57.2 Å². The van der Waals surface area contributed by atoms with E-state index in [4.69, 9.17) is 0 Å². The Labute approximate surface area is 169 Å². The minimum atomic E-state index is -0.393. The summed E-state index contributed by atoms with van der Waals surface area (Å²) in [7, 11) is 0. The average Bonchev–Trinajstić information content (AvgIpc) is 3.08. The standard InChI is InChI=1S/C22H24FN3O3/c1-15(2)25(22(29)17-6-4-16(3)5-7-17)13-20(27)24-12-21(28)26(14-24)19-10-8-18(23)9-11-19/h4-11,15H,12-14H2,1-3H3. The lowest BCUT2D eigenvalue weighted by Crippen LogP contribution is -2.45. The number of benzene rings is 2. The van der Waals surface area contributed by atoms with E-state index in [0.29, 0.717) is 11.3 Å². The molecule has 0 aromatic heterocycles. The number of rotatable bonds is 5. The molecular weight excluding hydrogens is 373 g/mol. The van der Waals surface area contributed by atoms with E-state index < -0.39 is 5.82 Å². The van der Waals surface area contributed by atoms with Crippen LogP contribution in [-0.2, 0) is 9.59 Å². The molecule has 1 aliphatic heterocycles. The van der Waals surface area contributed by atoms with Crippen LogP contribution in [0.5, 0.6) is 0 Å². The van der Waals surface area contributed by atoms with Gasteiger partial charge < -0.3 is 9.80 Å². The van der Waals surface area contributed by atoms with Gasteiger partial charge in [0.25, 0.3) is 5.91 Å². The lowest BCUT2D eigenvalue weighted by atomic mass is 10.1. The van der Waals surface area contributed by atoms with Crippen LogP contribution in [-0.4, -0.2) is 53.3 Å². The number of carbonyl (C=O) groups excluding carboxylic acids is 3. The Bertz CT molecular complexity index is 910. The summed E-state index contributed by atoms with van der Waals surface area (Å²) in [6.07, 6.45) is 0. The van der Waals surface area contributed by atoms with E-state index in [9.17, 15) is 18.8 Å². The lowest BCUT2D eigenvalue weighted by molar-refractivity contribution is -0.132. The van der Waals surface area contributed by atoms with Crippen LogP contribution < -0.4 is 4.90 Å². The second-order valence-electron chi connectivity index (χ2n) is 7.42. The maximum Gasteiger partial charge on any atom is 0.254 e. The number of hydrogen-bond donors (Lipinski definition) is 0. The van der Waals surface area contributed by atoms with Gasteiger partial charge in [0.1, 0.15) is 25.6 Å². The largest absolute Gasteiger partial charge is 0.327 e. The van der Waals surface area contributed by atoms with Crippen molar-refractivity contribution in [3.63, 3.8) is 0 Å². The van der Waals surface area contributed by atoms with Crippen LogP contribution in [0.3, 0.4) is 0 Å². The van der Waals surface area contributed by atoms with Gasteiger partial charge in [-0.2, -0.15) is 0 Å². The highest BCUT2D eigenvalue weighted by Crippen LogP contribution is 2.20. The summed E-state index contributed by atoms with van der Waals surface area (Å²) in [6.45, 7) is 5.53. The highest BCUT2D eigenvalue weighted by atomic mass is 19.1. The number of anilines is 1. The molecule has 0 unspecified atom stereocenters. The highest BCUT2D eigenvalue weighted by molar-refractivity contribution is 6.01. The molecule has 29 heavy (non-hydrogen) atoms. The highest BCUT2D eigenvalue weighted by Gasteiger charge is 2.33. The van der Waals surface area contributed by atoms with E-state index in [2.05, 4.69) is 0 Å². The molecule has 0 atom stereocenters. The molecule has 0 bridgehead atoms. The number of carbonyl (C=O) groups is 3. The molecule has 7 heteroatoms. The van der Waals surface area contributed by atoms with Gasteiger partial charge in [0.2, 0.25) is 11.8 Å². The first kappa shape index (κ1) is 20.5. The van der Waals surface area contributed by atoms with Gasteiger partial charge in [-0.15, -0.1) is 0 Å². The van der Waals surface area contributed by atoms with Crippen molar-refractivity contribution in [2.75, 3.05) is 24.7 Å². The zero-order valence-electron chi connectivity index (χ0n) is 16.8. The molecule has 3 amide bonds. The first-order valence-corrected chi connectivity index (χ1v) is 9.47. The number of amides is 3. The summed E-state index contributed by atoms with van der Waals surface area (Å²) < 4.78 is 13.1. The molecule has 0 N–H and O–H groups in total. The molecule has 0 aliphatic carbocycles. The molecule has 1 heterocycles. The van der Waals surface area contributed by atoms with Gasteiger partial charge >= 0.3 is 0 Å². The quantitative estimate of drug-likeness (QED) is 0.780. The Morgan fingerprint density at radius 1 is 1.07 bits per heavy atom. The van der Waals surface area contributed by atoms with Crippen LogP contribution in [0.4, 0.5) is 10.1 Å². The predicted molar refractivity (Wildman–Crippen MR) is 108 cm³/mol. The van der Waals surface area contributed by atoms with Crippen LogP contribution in [0, 0.1) is 12.7 Å². The Balaban J connectivity index is 1.70. The van der Waals surface area contributed by atoms with Crippen molar-refractivity contribution in [2.24, 2.45) is 0 Å². The van der Waals surface area contributed by atoms with Crippen molar-refractivity contribution in [1.82, 2.24) is 9.80 Å². The summed E-state index contributed by atoms with van der Waals surface area (Å²) in [4.78, 5) is 42.4. The molecule has 0 radical (unpaired) electrons. The minimum Gasteiger partial charge on any atom is -0.327 e. The lowest BCUT2D eigenvalue weighted by Gasteiger charge is -2.28. The van der Waals surface area contributed by atoms with Crippen molar-refractivity contribution < 1.29 is 18.8 Å². The first-order valence-electron chi connectivity index (χ1n) is 9.47. The van der Waals surface area contributed by atoms with Gasteiger partial charge in [-0.3, -0.25) is 19.3 Å². The average molecular weight is 397 g/mol. The second kappa shape index (κ2) is 8.43. The van der Waals surface area contributed by atoms with Gasteiger partial charge in [0.15, 0.2) is 0 Å². The van der Waals surface area contributed by atoms with Crippen LogP contribution in [0.15, 0.2) is 48.5 Å². The Morgan fingerprint density at radius 2 is 1.69 bits per heavy atom. The van der Waals surface area contributed by atoms with E-state index in [-0.39, 0.29) is 43.5 Å². The maximum atomic E-state index is 13.1. The van der Waals surface area contributed by atoms with Crippen LogP contribution in [0.1, 0.15) is 29.8 Å². The third-order valence-corrected chi connectivity index (χ3v) is 4.92. The zero-order chi connectivity index (χ0) is 21.1. The van der Waals surface area contributed by atoms with E-state index in [0.717, 1.165) is 5.56 Å². The number of halogens is 1. The van der Waals surface area contributed by atoms with Gasteiger partial charge in [0, 0.05) is 17.3 Å². The fraction of sp³-hybridized carbons (Fsp3) is 0.318. The third kappa shape index (κ3) is 4.62.